The van der Waals surface area contributed by atoms with E-state index in [1.54, 1.807) is 24.3 Å². The van der Waals surface area contributed by atoms with Gasteiger partial charge in [-0.05, 0) is 24.3 Å². The number of ether oxygens (including phenoxy) is 1. The molecule has 0 amide bonds. The molecular weight excluding hydrogens is 298 g/mol. The smallest absolute Gasteiger partial charge is 0.339 e. The van der Waals surface area contributed by atoms with Crippen LogP contribution in [0.1, 0.15) is 10.4 Å². The van der Waals surface area contributed by atoms with Crippen LogP contribution in [0.25, 0.3) is 0 Å². The van der Waals surface area contributed by atoms with Crippen LogP contribution in [0.2, 0.25) is 15.3 Å². The number of hydrogen-bond donors (Lipinski definition) is 0. The quantitative estimate of drug-likeness (QED) is 0.813. The van der Waals surface area contributed by atoms with E-state index < -0.39 is 5.97 Å². The SMILES string of the molecule is O=C(OCn1cnc(Cl)c1Cl)c1ccc(Cl)cc1. The highest BCUT2D eigenvalue weighted by Gasteiger charge is 2.10. The van der Waals surface area contributed by atoms with Crippen molar-refractivity contribution in [1.29, 1.82) is 0 Å². The third kappa shape index (κ3) is 2.96. The summed E-state index contributed by atoms with van der Waals surface area (Å²) in [5.41, 5.74) is 0.404. The largest absolute Gasteiger partial charge is 0.440 e. The van der Waals surface area contributed by atoms with Crippen LogP contribution >= 0.6 is 34.8 Å². The molecule has 1 aromatic carbocycles. The van der Waals surface area contributed by atoms with Gasteiger partial charge in [-0.15, -0.1) is 0 Å². The van der Waals surface area contributed by atoms with Crippen molar-refractivity contribution in [1.82, 2.24) is 9.55 Å². The lowest BCUT2D eigenvalue weighted by molar-refractivity contribution is 0.0372. The first-order chi connectivity index (χ1) is 8.58. The maximum atomic E-state index is 11.7. The molecule has 0 saturated heterocycles. The summed E-state index contributed by atoms with van der Waals surface area (Å²) in [5, 5.41) is 0.941. The van der Waals surface area contributed by atoms with Gasteiger partial charge in [0.25, 0.3) is 0 Å². The van der Waals surface area contributed by atoms with Crippen LogP contribution in [0, 0.1) is 0 Å². The molecule has 0 atom stereocenters. The van der Waals surface area contributed by atoms with Crippen molar-refractivity contribution in [2.24, 2.45) is 0 Å². The highest BCUT2D eigenvalue weighted by Crippen LogP contribution is 2.19. The average molecular weight is 306 g/mol. The second-order valence-corrected chi connectivity index (χ2v) is 4.52. The number of benzene rings is 1. The van der Waals surface area contributed by atoms with Crippen LogP contribution in [0.5, 0.6) is 0 Å². The topological polar surface area (TPSA) is 44.1 Å². The summed E-state index contributed by atoms with van der Waals surface area (Å²) >= 11 is 17.2. The molecule has 2 aromatic rings. The maximum Gasteiger partial charge on any atom is 0.339 e. The van der Waals surface area contributed by atoms with Gasteiger partial charge in [0.2, 0.25) is 0 Å². The van der Waals surface area contributed by atoms with Crippen molar-refractivity contribution in [3.8, 4) is 0 Å². The number of imidazole rings is 1. The van der Waals surface area contributed by atoms with E-state index in [0.717, 1.165) is 0 Å². The summed E-state index contributed by atoms with van der Waals surface area (Å²) in [6.45, 7) is -0.0555. The molecule has 4 nitrogen and oxygen atoms in total. The lowest BCUT2D eigenvalue weighted by atomic mass is 10.2. The van der Waals surface area contributed by atoms with Crippen molar-refractivity contribution in [3.05, 3.63) is 51.5 Å². The molecular formula is C11H7Cl3N2O2. The summed E-state index contributed by atoms with van der Waals surface area (Å²) in [6, 6.07) is 6.37. The highest BCUT2D eigenvalue weighted by atomic mass is 35.5. The van der Waals surface area contributed by atoms with Gasteiger partial charge in [-0.2, -0.15) is 0 Å². The number of carbonyl (C=O) groups excluding carboxylic acids is 1. The zero-order chi connectivity index (χ0) is 13.1. The molecule has 1 heterocycles. The van der Waals surface area contributed by atoms with Gasteiger partial charge in [0, 0.05) is 5.02 Å². The normalized spacial score (nSPS) is 10.4. The molecule has 0 bridgehead atoms. The first kappa shape index (κ1) is 13.2. The molecule has 0 aliphatic heterocycles. The summed E-state index contributed by atoms with van der Waals surface area (Å²) in [4.78, 5) is 15.4. The van der Waals surface area contributed by atoms with Gasteiger partial charge in [0.05, 0.1) is 5.56 Å². The Kier molecular flexibility index (Phi) is 4.11. The fourth-order valence-corrected chi connectivity index (χ4v) is 1.65. The van der Waals surface area contributed by atoms with Gasteiger partial charge in [-0.3, -0.25) is 4.57 Å². The standard InChI is InChI=1S/C11H7Cl3N2O2/c12-8-3-1-7(2-4-8)11(17)18-6-16-5-15-9(13)10(16)14/h1-5H,6H2. The van der Waals surface area contributed by atoms with Crippen LogP contribution in [-0.2, 0) is 11.5 Å². The van der Waals surface area contributed by atoms with E-state index in [-0.39, 0.29) is 17.0 Å². The molecule has 0 fully saturated rings. The Balaban J connectivity index is 2.00. The van der Waals surface area contributed by atoms with E-state index in [4.69, 9.17) is 39.5 Å². The summed E-state index contributed by atoms with van der Waals surface area (Å²) < 4.78 is 6.46. The Hall–Kier alpha value is -1.23. The van der Waals surface area contributed by atoms with Crippen LogP contribution < -0.4 is 0 Å². The lowest BCUT2D eigenvalue weighted by Gasteiger charge is -2.06. The number of hydrogen-bond acceptors (Lipinski definition) is 3. The fraction of sp³-hybridized carbons (Fsp3) is 0.0909. The van der Waals surface area contributed by atoms with Gasteiger partial charge in [0.1, 0.15) is 6.33 Å². The van der Waals surface area contributed by atoms with Gasteiger partial charge >= 0.3 is 5.97 Å². The Morgan fingerprint density at radius 1 is 1.22 bits per heavy atom. The lowest BCUT2D eigenvalue weighted by Crippen LogP contribution is -2.09. The fourth-order valence-electron chi connectivity index (χ4n) is 1.23. The van der Waals surface area contributed by atoms with Gasteiger partial charge in [-0.1, -0.05) is 34.8 Å². The molecule has 0 spiro atoms. The average Bonchev–Trinajstić information content (AvgIpc) is 2.68. The van der Waals surface area contributed by atoms with E-state index in [1.807, 2.05) is 0 Å². The molecule has 0 unspecified atom stereocenters. The van der Waals surface area contributed by atoms with Crippen LogP contribution in [-0.4, -0.2) is 15.5 Å². The number of esters is 1. The predicted octanol–water partition coefficient (Wildman–Crippen LogP) is 3.66. The third-order valence-corrected chi connectivity index (χ3v) is 3.17. The van der Waals surface area contributed by atoms with Gasteiger partial charge in [-0.25, -0.2) is 9.78 Å². The minimum Gasteiger partial charge on any atom is -0.440 e. The minimum absolute atomic E-state index is 0.0555. The Morgan fingerprint density at radius 3 is 2.44 bits per heavy atom. The zero-order valence-corrected chi connectivity index (χ0v) is 11.2. The van der Waals surface area contributed by atoms with Crippen molar-refractivity contribution in [3.63, 3.8) is 0 Å². The second-order valence-electron chi connectivity index (χ2n) is 3.36. The molecule has 7 heteroatoms. The van der Waals surface area contributed by atoms with Crippen molar-refractivity contribution in [2.45, 2.75) is 6.73 Å². The molecule has 94 valence electrons. The van der Waals surface area contributed by atoms with Crippen molar-refractivity contribution >= 4 is 40.8 Å². The number of halogens is 3. The van der Waals surface area contributed by atoms with E-state index in [9.17, 15) is 4.79 Å². The van der Waals surface area contributed by atoms with Gasteiger partial charge < -0.3 is 4.74 Å². The Bertz CT molecular complexity index is 566. The van der Waals surface area contributed by atoms with E-state index in [1.165, 1.54) is 10.9 Å². The van der Waals surface area contributed by atoms with Crippen molar-refractivity contribution in [2.75, 3.05) is 0 Å². The molecule has 0 saturated carbocycles. The highest BCUT2D eigenvalue weighted by molar-refractivity contribution is 6.40. The van der Waals surface area contributed by atoms with Crippen LogP contribution in [0.15, 0.2) is 30.6 Å². The van der Waals surface area contributed by atoms with E-state index in [2.05, 4.69) is 4.98 Å². The Labute approximate surface area is 118 Å². The molecule has 1 aromatic heterocycles. The molecule has 0 aliphatic rings. The minimum atomic E-state index is -0.479. The van der Waals surface area contributed by atoms with Gasteiger partial charge in [0.15, 0.2) is 17.0 Å². The first-order valence-electron chi connectivity index (χ1n) is 4.87. The zero-order valence-electron chi connectivity index (χ0n) is 8.94. The second kappa shape index (κ2) is 5.61. The van der Waals surface area contributed by atoms with Crippen LogP contribution in [0.4, 0.5) is 0 Å². The summed E-state index contributed by atoms with van der Waals surface area (Å²) in [5.74, 6) is -0.479. The monoisotopic (exact) mass is 304 g/mol. The molecule has 18 heavy (non-hydrogen) atoms. The first-order valence-corrected chi connectivity index (χ1v) is 6.00. The number of carbonyl (C=O) groups is 1. The summed E-state index contributed by atoms with van der Waals surface area (Å²) in [6.07, 6.45) is 1.39. The number of aromatic nitrogens is 2. The molecule has 0 aliphatic carbocycles. The van der Waals surface area contributed by atoms with E-state index in [0.29, 0.717) is 10.6 Å². The molecule has 2 rings (SSSR count). The molecule has 0 N–H and O–H groups in total. The summed E-state index contributed by atoms with van der Waals surface area (Å²) in [7, 11) is 0. The number of nitrogens with zero attached hydrogens (tertiary/aromatic N) is 2. The van der Waals surface area contributed by atoms with Crippen molar-refractivity contribution < 1.29 is 9.53 Å². The number of rotatable bonds is 3. The van der Waals surface area contributed by atoms with E-state index >= 15 is 0 Å². The maximum absolute atomic E-state index is 11.7. The third-order valence-electron chi connectivity index (χ3n) is 2.15. The predicted molar refractivity (Wildman–Crippen MR) is 69.1 cm³/mol. The molecule has 0 radical (unpaired) electrons. The Morgan fingerprint density at radius 2 is 1.89 bits per heavy atom. The van der Waals surface area contributed by atoms with Crippen LogP contribution in [0.3, 0.4) is 0 Å².